The average Bonchev–Trinajstić information content (AvgIpc) is 3.28. The first kappa shape index (κ1) is 24.8. The van der Waals surface area contributed by atoms with E-state index in [0.29, 0.717) is 29.8 Å². The maximum atomic E-state index is 13.4. The molecule has 0 unspecified atom stereocenters. The van der Waals surface area contributed by atoms with Gasteiger partial charge in [-0.3, -0.25) is 4.79 Å². The van der Waals surface area contributed by atoms with Crippen LogP contribution in [-0.2, 0) is 29.0 Å². The van der Waals surface area contributed by atoms with Crippen LogP contribution in [0, 0.1) is 0 Å². The minimum Gasteiger partial charge on any atom is -0.394 e. The third-order valence-corrected chi connectivity index (χ3v) is 7.16. The van der Waals surface area contributed by atoms with Crippen molar-refractivity contribution in [1.29, 1.82) is 0 Å². The molecule has 2 aliphatic rings. The van der Waals surface area contributed by atoms with Gasteiger partial charge in [0.2, 0.25) is 0 Å². The van der Waals surface area contributed by atoms with E-state index < -0.39 is 43.9 Å². The highest BCUT2D eigenvalue weighted by atomic mass is 16.7. The molecule has 1 saturated heterocycles. The first-order valence-corrected chi connectivity index (χ1v) is 11.9. The number of rotatable bonds is 6. The van der Waals surface area contributed by atoms with Crippen molar-refractivity contribution in [3.63, 3.8) is 0 Å². The van der Waals surface area contributed by atoms with Crippen LogP contribution in [0.25, 0.3) is 27.9 Å². The maximum absolute atomic E-state index is 13.4. The number of H-pyrrole nitrogens is 1. The normalized spacial score (nSPS) is 26.2. The predicted octanol–water partition coefficient (Wildman–Crippen LogP) is 0.265. The largest absolute Gasteiger partial charge is 0.394 e. The van der Waals surface area contributed by atoms with Crippen LogP contribution in [-0.4, -0.2) is 79.0 Å². The van der Waals surface area contributed by atoms with Gasteiger partial charge < -0.3 is 44.6 Å². The molecule has 0 bridgehead atoms. The van der Waals surface area contributed by atoms with E-state index in [4.69, 9.17) is 9.47 Å². The number of benzene rings is 1. The Kier molecular flexibility index (Phi) is 6.84. The molecule has 6 N–H and O–H groups in total. The van der Waals surface area contributed by atoms with E-state index in [1.807, 2.05) is 30.3 Å². The first-order chi connectivity index (χ1) is 17.4. The number of para-hydroxylation sites is 1. The van der Waals surface area contributed by atoms with Crippen LogP contribution in [0.5, 0.6) is 0 Å². The summed E-state index contributed by atoms with van der Waals surface area (Å²) in [6, 6.07) is 9.82. The van der Waals surface area contributed by atoms with Crippen LogP contribution in [0.2, 0.25) is 0 Å². The second kappa shape index (κ2) is 9.91. The molecule has 2 aromatic heterocycles. The summed E-state index contributed by atoms with van der Waals surface area (Å²) in [5.41, 5.74) is 4.69. The number of pyridine rings is 1. The summed E-state index contributed by atoms with van der Waals surface area (Å²) in [6.07, 6.45) is -4.57. The van der Waals surface area contributed by atoms with Gasteiger partial charge in [0.05, 0.1) is 36.8 Å². The molecular weight excluding hydrogens is 468 g/mol. The van der Waals surface area contributed by atoms with Crippen molar-refractivity contribution >= 4 is 16.5 Å². The fourth-order valence-corrected chi connectivity index (χ4v) is 5.15. The van der Waals surface area contributed by atoms with Crippen molar-refractivity contribution < 1.29 is 35.0 Å². The van der Waals surface area contributed by atoms with Crippen molar-refractivity contribution in [3.05, 3.63) is 63.5 Å². The minimum atomic E-state index is -1.56. The zero-order valence-corrected chi connectivity index (χ0v) is 19.8. The number of allylic oxidation sites excluding steroid dienone is 1. The maximum Gasteiger partial charge on any atom is 0.257 e. The number of fused-ring (bicyclic) bond motifs is 5. The highest BCUT2D eigenvalue weighted by Gasteiger charge is 2.44. The lowest BCUT2D eigenvalue weighted by atomic mass is 9.95. The number of aliphatic hydroxyl groups is 5. The fourth-order valence-electron chi connectivity index (χ4n) is 5.15. The number of nitrogens with zero attached hydrogens (tertiary/aromatic N) is 1. The van der Waals surface area contributed by atoms with E-state index in [1.165, 1.54) is 0 Å². The molecule has 0 spiro atoms. The van der Waals surface area contributed by atoms with E-state index in [-0.39, 0.29) is 17.7 Å². The van der Waals surface area contributed by atoms with Crippen LogP contribution in [0.15, 0.2) is 41.2 Å². The molecule has 1 fully saturated rings. The summed E-state index contributed by atoms with van der Waals surface area (Å²) in [5.74, 6) is 0. The Balaban J connectivity index is 1.50. The first-order valence-electron chi connectivity index (χ1n) is 11.9. The Morgan fingerprint density at radius 2 is 1.97 bits per heavy atom. The second-order valence-electron chi connectivity index (χ2n) is 9.13. The number of aliphatic hydroxyl groups excluding tert-OH is 5. The molecule has 0 aliphatic carbocycles. The molecule has 0 amide bonds. The molecule has 1 aromatic carbocycles. The van der Waals surface area contributed by atoms with Crippen LogP contribution in [0.3, 0.4) is 0 Å². The fraction of sp³-hybridized carbons (Fsp3) is 0.423. The molecule has 5 atom stereocenters. The molecule has 3 aromatic rings. The second-order valence-corrected chi connectivity index (χ2v) is 9.13. The van der Waals surface area contributed by atoms with Gasteiger partial charge in [-0.2, -0.15) is 0 Å². The molecule has 0 radical (unpaired) electrons. The molecule has 36 heavy (non-hydrogen) atoms. The smallest absolute Gasteiger partial charge is 0.257 e. The SMILES string of the molecule is C/C=C(/CO[C@H]1O[C@@H](CO)[C@H](O)[C@@H](O)[C@@H]1O)c1cc2n(c(=O)c1CO)CCc1c-2[nH]c2ccccc12. The lowest BCUT2D eigenvalue weighted by molar-refractivity contribution is -0.297. The van der Waals surface area contributed by atoms with E-state index in [1.54, 1.807) is 17.6 Å². The minimum absolute atomic E-state index is 0.116. The third kappa shape index (κ3) is 4.00. The summed E-state index contributed by atoms with van der Waals surface area (Å²) in [4.78, 5) is 16.8. The molecular formula is C26H30N2O8. The lowest BCUT2D eigenvalue weighted by Crippen LogP contribution is -2.59. The molecule has 192 valence electrons. The van der Waals surface area contributed by atoms with Gasteiger partial charge in [-0.1, -0.05) is 24.3 Å². The Morgan fingerprint density at radius 1 is 1.19 bits per heavy atom. The lowest BCUT2D eigenvalue weighted by Gasteiger charge is -2.39. The van der Waals surface area contributed by atoms with E-state index >= 15 is 0 Å². The van der Waals surface area contributed by atoms with E-state index in [9.17, 15) is 30.3 Å². The van der Waals surface area contributed by atoms with Crippen molar-refractivity contribution in [2.24, 2.45) is 0 Å². The number of aryl methyl sites for hydroxylation is 1. The molecule has 10 nitrogen and oxygen atoms in total. The number of aromatic nitrogens is 2. The number of ether oxygens (including phenoxy) is 2. The van der Waals surface area contributed by atoms with Crippen molar-refractivity contribution in [1.82, 2.24) is 9.55 Å². The Hall–Kier alpha value is -2.83. The van der Waals surface area contributed by atoms with Gasteiger partial charge in [-0.25, -0.2) is 0 Å². The van der Waals surface area contributed by atoms with Gasteiger partial charge in [0.1, 0.15) is 24.4 Å². The van der Waals surface area contributed by atoms with Gasteiger partial charge in [0.25, 0.3) is 5.56 Å². The highest BCUT2D eigenvalue weighted by molar-refractivity contribution is 5.91. The topological polar surface area (TPSA) is 157 Å². The van der Waals surface area contributed by atoms with Gasteiger partial charge in [0, 0.05) is 17.4 Å². The number of hydrogen-bond donors (Lipinski definition) is 6. The van der Waals surface area contributed by atoms with Gasteiger partial charge in [0.15, 0.2) is 6.29 Å². The van der Waals surface area contributed by atoms with Gasteiger partial charge >= 0.3 is 0 Å². The van der Waals surface area contributed by atoms with Gasteiger partial charge in [-0.15, -0.1) is 0 Å². The van der Waals surface area contributed by atoms with Crippen molar-refractivity contribution in [2.75, 3.05) is 13.2 Å². The predicted molar refractivity (Wildman–Crippen MR) is 131 cm³/mol. The molecule has 2 aliphatic heterocycles. The van der Waals surface area contributed by atoms with Crippen molar-refractivity contribution in [2.45, 2.75) is 57.2 Å². The summed E-state index contributed by atoms with van der Waals surface area (Å²) in [6.45, 7) is 1.10. The Bertz CT molecular complexity index is 1360. The average molecular weight is 499 g/mol. The summed E-state index contributed by atoms with van der Waals surface area (Å²) in [7, 11) is 0. The number of aromatic amines is 1. The molecule has 0 saturated carbocycles. The Morgan fingerprint density at radius 3 is 2.69 bits per heavy atom. The van der Waals surface area contributed by atoms with E-state index in [2.05, 4.69) is 4.98 Å². The van der Waals surface area contributed by atoms with Crippen LogP contribution < -0.4 is 5.56 Å². The zero-order chi connectivity index (χ0) is 25.6. The van der Waals surface area contributed by atoms with Gasteiger partial charge in [-0.05, 0) is 42.2 Å². The Labute approximate surface area is 206 Å². The van der Waals surface area contributed by atoms with Crippen LogP contribution in [0.1, 0.15) is 23.6 Å². The molecule has 10 heteroatoms. The summed E-state index contributed by atoms with van der Waals surface area (Å²) >= 11 is 0. The molecule has 4 heterocycles. The standard InChI is InChI=1S/C26H30N2O8/c1-2-13(12-35-26-24(33)23(32)22(31)20(11-30)36-26)16-9-19-21-15(14-5-3-4-6-18(14)27-21)7-8-28(19)25(34)17(16)10-29/h2-6,9,20,22-24,26-27,29-33H,7-8,10-12H2,1H3/b13-2-/t20-,22-,23+,24-,26-/m0/s1. The number of nitrogens with one attached hydrogen (secondary N) is 1. The highest BCUT2D eigenvalue weighted by Crippen LogP contribution is 2.35. The quantitative estimate of drug-likeness (QED) is 0.283. The summed E-state index contributed by atoms with van der Waals surface area (Å²) < 4.78 is 12.8. The monoisotopic (exact) mass is 498 g/mol. The summed E-state index contributed by atoms with van der Waals surface area (Å²) in [5, 5.41) is 51.0. The zero-order valence-electron chi connectivity index (χ0n) is 19.8. The number of hydrogen-bond acceptors (Lipinski definition) is 8. The van der Waals surface area contributed by atoms with E-state index in [0.717, 1.165) is 22.2 Å². The molecule has 5 rings (SSSR count). The third-order valence-electron chi connectivity index (χ3n) is 7.16. The van der Waals surface area contributed by atoms with Crippen LogP contribution >= 0.6 is 0 Å². The van der Waals surface area contributed by atoms with Crippen molar-refractivity contribution in [3.8, 4) is 11.4 Å². The van der Waals surface area contributed by atoms with Crippen LogP contribution in [0.4, 0.5) is 0 Å².